The van der Waals surface area contributed by atoms with Gasteiger partial charge in [-0.15, -0.1) is 11.3 Å². The van der Waals surface area contributed by atoms with E-state index < -0.39 is 34.3 Å². The van der Waals surface area contributed by atoms with E-state index in [0.717, 1.165) is 14.6 Å². The summed E-state index contributed by atoms with van der Waals surface area (Å²) in [5.74, 6) is -1.86. The summed E-state index contributed by atoms with van der Waals surface area (Å²) >= 11 is 1.53. The molecule has 1 amide bonds. The molecule has 0 bridgehead atoms. The van der Waals surface area contributed by atoms with Gasteiger partial charge in [0.2, 0.25) is 5.91 Å². The third kappa shape index (κ3) is 6.15. The Kier molecular flexibility index (Phi) is 8.74. The number of hydrogen-bond acceptors (Lipinski definition) is 10. The minimum Gasteiger partial charge on any atom is -0.459 e. The lowest BCUT2D eigenvalue weighted by Gasteiger charge is -2.50. The van der Waals surface area contributed by atoms with Gasteiger partial charge in [0.1, 0.15) is 12.0 Å². The molecule has 2 unspecified atom stereocenters. The van der Waals surface area contributed by atoms with Gasteiger partial charge in [-0.2, -0.15) is 0 Å². The molecule has 4 aromatic rings. The van der Waals surface area contributed by atoms with E-state index in [2.05, 4.69) is 11.6 Å². The molecule has 4 atom stereocenters. The number of thiazole rings is 1. The second kappa shape index (κ2) is 12.4. The van der Waals surface area contributed by atoms with Crippen molar-refractivity contribution in [3.8, 4) is 0 Å². The van der Waals surface area contributed by atoms with Crippen molar-refractivity contribution >= 4 is 60.7 Å². The molecule has 1 fully saturated rings. The fourth-order valence-corrected chi connectivity index (χ4v) is 8.59. The molecule has 12 heteroatoms. The Hall–Kier alpha value is -3.71. The van der Waals surface area contributed by atoms with Gasteiger partial charge in [-0.3, -0.25) is 14.9 Å². The minimum absolute atomic E-state index is 0.0698. The number of nitro benzene ring substituents is 1. The molecular weight excluding hydrogens is 583 g/mol. The number of benzene rings is 3. The third-order valence-electron chi connectivity index (χ3n) is 6.59. The number of β-lactam (4-membered cyclic amide) rings is 1. The van der Waals surface area contributed by atoms with E-state index in [1.54, 1.807) is 31.2 Å². The average Bonchev–Trinajstić information content (AvgIpc) is 3.39. The van der Waals surface area contributed by atoms with Crippen LogP contribution in [0.5, 0.6) is 0 Å². The molecule has 3 aromatic carbocycles. The maximum absolute atomic E-state index is 13.6. The minimum atomic E-state index is -1.08. The zero-order chi connectivity index (χ0) is 29.1. The summed E-state index contributed by atoms with van der Waals surface area (Å²) in [6, 6.07) is 21.3. The number of amides is 1. The van der Waals surface area contributed by atoms with Crippen molar-refractivity contribution < 1.29 is 24.4 Å². The number of aromatic nitrogens is 1. The monoisotopic (exact) mass is 607 g/mol. The number of rotatable bonds is 11. The summed E-state index contributed by atoms with van der Waals surface area (Å²) in [6.45, 7) is 5.47. The number of aliphatic hydroxyl groups is 1. The number of para-hydroxylation sites is 1. The Morgan fingerprint density at radius 2 is 1.83 bits per heavy atom. The van der Waals surface area contributed by atoms with Crippen molar-refractivity contribution in [2.45, 2.75) is 35.4 Å². The van der Waals surface area contributed by atoms with Crippen molar-refractivity contribution in [3.63, 3.8) is 0 Å². The van der Waals surface area contributed by atoms with Crippen LogP contribution in [0, 0.1) is 16.0 Å². The number of ether oxygens (including phenoxy) is 1. The summed E-state index contributed by atoms with van der Waals surface area (Å²) in [7, 11) is 2.74. The van der Waals surface area contributed by atoms with Gasteiger partial charge in [-0.1, -0.05) is 59.8 Å². The normalized spacial score (nSPS) is 18.0. The van der Waals surface area contributed by atoms with Crippen molar-refractivity contribution in [3.05, 3.63) is 112 Å². The number of likely N-dealkylation sites (tertiary alicyclic amines) is 1. The van der Waals surface area contributed by atoms with Gasteiger partial charge in [-0.25, -0.2) is 9.78 Å². The first kappa shape index (κ1) is 28.8. The van der Waals surface area contributed by atoms with E-state index in [0.29, 0.717) is 16.7 Å². The molecule has 2 heterocycles. The van der Waals surface area contributed by atoms with Crippen LogP contribution in [0.1, 0.15) is 24.2 Å². The predicted octanol–water partition coefficient (Wildman–Crippen LogP) is 6.15. The fraction of sp³-hybridized carbons (Fsp3) is 0.207. The molecule has 1 saturated heterocycles. The molecule has 1 aliphatic rings. The van der Waals surface area contributed by atoms with Gasteiger partial charge in [0.25, 0.3) is 5.69 Å². The fourth-order valence-electron chi connectivity index (χ4n) is 4.52. The number of esters is 1. The second-order valence-electron chi connectivity index (χ2n) is 9.42. The standard InChI is InChI=1S/C29H25N3O6S3/c1-17(2)24(28(35)38-16-18-12-14-20(15-13-18)32(36)37)31-26(34)23(25(33)19-8-4-3-5-9-19)27(31)40-41-29-30-21-10-6-7-11-22(21)39-29/h3-15,23-25,27,33H,1,16H2,2H3/t23-,24?,25?,27+/m0/s1. The molecule has 1 aromatic heterocycles. The smallest absolute Gasteiger partial charge is 0.333 e. The number of hydrogen-bond donors (Lipinski definition) is 1. The van der Waals surface area contributed by atoms with Crippen LogP contribution in [0.2, 0.25) is 0 Å². The van der Waals surface area contributed by atoms with Crippen molar-refractivity contribution in [2.24, 2.45) is 5.92 Å². The van der Waals surface area contributed by atoms with E-state index in [1.165, 1.54) is 62.1 Å². The molecular formula is C29H25N3O6S3. The Balaban J connectivity index is 1.36. The SMILES string of the molecule is C=C(C)C(C(=O)OCc1ccc([N+](=O)[O-])cc1)N1C(=O)[C@H](C(O)c2ccccc2)[C@H]1SSc1nc2ccccc2s1. The number of nitrogens with zero attached hydrogens (tertiary/aromatic N) is 3. The molecule has 210 valence electrons. The van der Waals surface area contributed by atoms with Gasteiger partial charge in [0.05, 0.1) is 27.2 Å². The predicted molar refractivity (Wildman–Crippen MR) is 160 cm³/mol. The summed E-state index contributed by atoms with van der Waals surface area (Å²) in [5, 5.41) is 21.6. The van der Waals surface area contributed by atoms with E-state index in [9.17, 15) is 24.8 Å². The maximum atomic E-state index is 13.6. The number of non-ortho nitro benzene ring substituents is 1. The first-order chi connectivity index (χ1) is 19.7. The quantitative estimate of drug-likeness (QED) is 0.0534. The lowest BCUT2D eigenvalue weighted by Crippen LogP contribution is -2.66. The van der Waals surface area contributed by atoms with Crippen molar-refractivity contribution in [1.82, 2.24) is 9.88 Å². The van der Waals surface area contributed by atoms with Gasteiger partial charge in [0.15, 0.2) is 10.4 Å². The van der Waals surface area contributed by atoms with Crippen LogP contribution in [0.25, 0.3) is 10.2 Å². The highest BCUT2D eigenvalue weighted by Gasteiger charge is 2.56. The van der Waals surface area contributed by atoms with Crippen LogP contribution in [-0.4, -0.2) is 43.2 Å². The second-order valence-corrected chi connectivity index (χ2v) is 13.0. The highest BCUT2D eigenvalue weighted by Crippen LogP contribution is 2.51. The third-order valence-corrected chi connectivity index (χ3v) is 10.6. The van der Waals surface area contributed by atoms with Crippen LogP contribution < -0.4 is 0 Å². The average molecular weight is 608 g/mol. The van der Waals surface area contributed by atoms with E-state index in [-0.39, 0.29) is 18.2 Å². The van der Waals surface area contributed by atoms with Crippen LogP contribution >= 0.6 is 32.9 Å². The number of nitro groups is 1. The number of carbonyl (C=O) groups excluding carboxylic acids is 2. The van der Waals surface area contributed by atoms with Crippen LogP contribution in [-0.2, 0) is 20.9 Å². The topological polar surface area (TPSA) is 123 Å². The van der Waals surface area contributed by atoms with Gasteiger partial charge in [0, 0.05) is 12.1 Å². The highest BCUT2D eigenvalue weighted by atomic mass is 33.1. The van der Waals surface area contributed by atoms with Gasteiger partial charge < -0.3 is 14.7 Å². The molecule has 0 radical (unpaired) electrons. The number of aliphatic hydroxyl groups excluding tert-OH is 1. The molecule has 5 rings (SSSR count). The lowest BCUT2D eigenvalue weighted by atomic mass is 9.85. The molecule has 41 heavy (non-hydrogen) atoms. The van der Waals surface area contributed by atoms with Crippen molar-refractivity contribution in [2.75, 3.05) is 0 Å². The summed E-state index contributed by atoms with van der Waals surface area (Å²) in [5.41, 5.74) is 2.38. The summed E-state index contributed by atoms with van der Waals surface area (Å²) in [6.07, 6.45) is -1.07. The van der Waals surface area contributed by atoms with Gasteiger partial charge in [-0.05, 0) is 58.7 Å². The van der Waals surface area contributed by atoms with Crippen molar-refractivity contribution in [1.29, 1.82) is 0 Å². The van der Waals surface area contributed by atoms with Crippen LogP contribution in [0.15, 0.2) is 95.4 Å². The largest absolute Gasteiger partial charge is 0.459 e. The molecule has 0 spiro atoms. The Labute approximate surface area is 247 Å². The zero-order valence-electron chi connectivity index (χ0n) is 21.8. The first-order valence-electron chi connectivity index (χ1n) is 12.5. The number of carbonyl (C=O) groups is 2. The zero-order valence-corrected chi connectivity index (χ0v) is 24.2. The Morgan fingerprint density at radius 3 is 2.49 bits per heavy atom. The van der Waals surface area contributed by atoms with E-state index in [1.807, 2.05) is 30.3 Å². The molecule has 0 saturated carbocycles. The molecule has 9 nitrogen and oxygen atoms in total. The van der Waals surface area contributed by atoms with E-state index >= 15 is 0 Å². The number of fused-ring (bicyclic) bond motifs is 1. The molecule has 1 N–H and O–H groups in total. The van der Waals surface area contributed by atoms with Crippen LogP contribution in [0.4, 0.5) is 5.69 Å². The Bertz CT molecular complexity index is 1560. The molecule has 0 aliphatic carbocycles. The summed E-state index contributed by atoms with van der Waals surface area (Å²) < 4.78 is 7.36. The summed E-state index contributed by atoms with van der Waals surface area (Å²) in [4.78, 5) is 43.4. The first-order valence-corrected chi connectivity index (χ1v) is 15.6. The van der Waals surface area contributed by atoms with Gasteiger partial charge >= 0.3 is 5.97 Å². The lowest BCUT2D eigenvalue weighted by molar-refractivity contribution is -0.384. The van der Waals surface area contributed by atoms with E-state index in [4.69, 9.17) is 4.74 Å². The maximum Gasteiger partial charge on any atom is 0.333 e. The molecule has 1 aliphatic heterocycles. The highest BCUT2D eigenvalue weighted by molar-refractivity contribution is 8.77. The Morgan fingerprint density at radius 1 is 1.15 bits per heavy atom. The van der Waals surface area contributed by atoms with Crippen LogP contribution in [0.3, 0.4) is 0 Å².